The largest absolute Gasteiger partial charge is 0.497 e. The van der Waals surface area contributed by atoms with E-state index >= 15 is 0 Å². The smallest absolute Gasteiger partial charge is 0.448 e. The number of anilines is 1. The molecule has 0 saturated carbocycles. The summed E-state index contributed by atoms with van der Waals surface area (Å²) in [5, 5.41) is 10.7. The lowest BCUT2D eigenvalue weighted by Crippen LogP contribution is -2.41. The number of aryl methyl sites for hydroxylation is 1. The van der Waals surface area contributed by atoms with E-state index in [1.807, 2.05) is 0 Å². The van der Waals surface area contributed by atoms with Gasteiger partial charge in [0.05, 0.1) is 4.92 Å². The lowest BCUT2D eigenvalue weighted by Gasteiger charge is -2.28. The number of rotatable bonds is 3. The number of amides is 1. The second-order valence-electron chi connectivity index (χ2n) is 4.64. The average Bonchev–Trinajstić information content (AvgIpc) is 2.48. The minimum Gasteiger partial charge on any atom is -0.448 e. The first-order valence-corrected chi connectivity index (χ1v) is 6.06. The van der Waals surface area contributed by atoms with Crippen LogP contribution in [-0.4, -0.2) is 24.3 Å². The molecule has 5 nitrogen and oxygen atoms in total. The SMILES string of the molecule is O=C1CCCc2cc([N+](=O)[O-])ccc2N1C[B-](F)(F)F. The van der Waals surface area contributed by atoms with E-state index in [2.05, 4.69) is 0 Å². The molecule has 1 aliphatic heterocycles. The zero-order chi connectivity index (χ0) is 14.9. The third-order valence-electron chi connectivity index (χ3n) is 3.09. The number of fused-ring (bicyclic) bond motifs is 1. The molecule has 0 atom stereocenters. The van der Waals surface area contributed by atoms with E-state index in [0.29, 0.717) is 23.3 Å². The van der Waals surface area contributed by atoms with Crippen molar-refractivity contribution in [2.24, 2.45) is 0 Å². The summed E-state index contributed by atoms with van der Waals surface area (Å²) in [6.45, 7) is -5.16. The molecular weight excluding hydrogens is 276 g/mol. The van der Waals surface area contributed by atoms with Gasteiger partial charge < -0.3 is 17.8 Å². The summed E-state index contributed by atoms with van der Waals surface area (Å²) >= 11 is 0. The normalized spacial score (nSPS) is 15.8. The van der Waals surface area contributed by atoms with E-state index in [0.717, 1.165) is 6.07 Å². The van der Waals surface area contributed by atoms with E-state index in [9.17, 15) is 27.9 Å². The Bertz CT molecular complexity index is 562. The Morgan fingerprint density at radius 1 is 1.30 bits per heavy atom. The van der Waals surface area contributed by atoms with Gasteiger partial charge in [-0.05, 0) is 30.9 Å². The predicted molar refractivity (Wildman–Crippen MR) is 67.5 cm³/mol. The van der Waals surface area contributed by atoms with Crippen molar-refractivity contribution < 1.29 is 22.7 Å². The Balaban J connectivity index is 2.44. The Labute approximate surface area is 112 Å². The van der Waals surface area contributed by atoms with Crippen molar-refractivity contribution in [3.05, 3.63) is 33.9 Å². The van der Waals surface area contributed by atoms with Gasteiger partial charge in [0.15, 0.2) is 0 Å². The van der Waals surface area contributed by atoms with Gasteiger partial charge in [-0.2, -0.15) is 0 Å². The molecule has 0 aliphatic carbocycles. The summed E-state index contributed by atoms with van der Waals surface area (Å²) in [6.07, 6.45) is -0.573. The van der Waals surface area contributed by atoms with Gasteiger partial charge in [0.2, 0.25) is 5.91 Å². The molecule has 108 valence electrons. The maximum atomic E-state index is 12.6. The summed E-state index contributed by atoms with van der Waals surface area (Å²) in [7, 11) is 0. The van der Waals surface area contributed by atoms with Crippen LogP contribution in [0, 0.1) is 10.1 Å². The van der Waals surface area contributed by atoms with Crippen molar-refractivity contribution in [2.75, 3.05) is 11.3 Å². The lowest BCUT2D eigenvalue weighted by molar-refractivity contribution is -0.384. The Morgan fingerprint density at radius 2 is 2.00 bits per heavy atom. The van der Waals surface area contributed by atoms with Gasteiger partial charge in [-0.3, -0.25) is 14.9 Å². The Kier molecular flexibility index (Phi) is 3.69. The standard InChI is InChI=1S/C11H11BF3N2O3/c13-12(14,15)7-16-10-5-4-9(17(19)20)6-8(10)2-1-3-11(16)18/h4-6H,1-3,7H2/q-1. The molecule has 0 radical (unpaired) electrons. The van der Waals surface area contributed by atoms with Crippen molar-refractivity contribution in [1.29, 1.82) is 0 Å². The number of nitro groups is 1. The van der Waals surface area contributed by atoms with Crippen LogP contribution in [0.15, 0.2) is 18.2 Å². The van der Waals surface area contributed by atoms with Gasteiger partial charge in [0, 0.05) is 24.2 Å². The Hall–Kier alpha value is -2.06. The van der Waals surface area contributed by atoms with Crippen LogP contribution in [0.2, 0.25) is 0 Å². The first-order valence-electron chi connectivity index (χ1n) is 6.06. The monoisotopic (exact) mass is 287 g/mol. The van der Waals surface area contributed by atoms with Gasteiger partial charge >= 0.3 is 6.98 Å². The second-order valence-corrected chi connectivity index (χ2v) is 4.64. The highest BCUT2D eigenvalue weighted by atomic mass is 19.4. The summed E-state index contributed by atoms with van der Waals surface area (Å²) in [5.74, 6) is -0.600. The second kappa shape index (κ2) is 5.14. The van der Waals surface area contributed by atoms with Crippen LogP contribution < -0.4 is 4.90 Å². The highest BCUT2D eigenvalue weighted by Crippen LogP contribution is 2.31. The summed E-state index contributed by atoms with van der Waals surface area (Å²) < 4.78 is 37.8. The molecule has 1 heterocycles. The molecular formula is C11H11BF3N2O3-. The zero-order valence-electron chi connectivity index (χ0n) is 10.4. The number of nitrogens with zero attached hydrogens (tertiary/aromatic N) is 2. The molecule has 0 saturated heterocycles. The Morgan fingerprint density at radius 3 is 2.60 bits per heavy atom. The molecule has 0 bridgehead atoms. The number of halogens is 3. The average molecular weight is 287 g/mol. The third-order valence-corrected chi connectivity index (χ3v) is 3.09. The predicted octanol–water partition coefficient (Wildman–Crippen LogP) is 2.65. The van der Waals surface area contributed by atoms with Crippen LogP contribution in [0.25, 0.3) is 0 Å². The van der Waals surface area contributed by atoms with Gasteiger partial charge in [-0.1, -0.05) is 0 Å². The van der Waals surface area contributed by atoms with Crippen molar-refractivity contribution in [3.63, 3.8) is 0 Å². The van der Waals surface area contributed by atoms with E-state index in [4.69, 9.17) is 0 Å². The molecule has 1 aromatic rings. The lowest BCUT2D eigenvalue weighted by atomic mass is 9.90. The van der Waals surface area contributed by atoms with Crippen LogP contribution in [0.5, 0.6) is 0 Å². The highest BCUT2D eigenvalue weighted by Gasteiger charge is 2.32. The van der Waals surface area contributed by atoms with Crippen molar-refractivity contribution in [3.8, 4) is 0 Å². The summed E-state index contributed by atoms with van der Waals surface area (Å²) in [6, 6.07) is 3.58. The fourth-order valence-corrected chi connectivity index (χ4v) is 2.26. The fraction of sp³-hybridized carbons (Fsp3) is 0.364. The van der Waals surface area contributed by atoms with Gasteiger partial charge in [0.25, 0.3) is 5.69 Å². The maximum absolute atomic E-state index is 12.6. The molecule has 0 aromatic heterocycles. The maximum Gasteiger partial charge on any atom is 0.497 e. The molecule has 0 N–H and O–H groups in total. The van der Waals surface area contributed by atoms with Crippen molar-refractivity contribution in [1.82, 2.24) is 0 Å². The topological polar surface area (TPSA) is 63.4 Å². The zero-order valence-corrected chi connectivity index (χ0v) is 10.4. The molecule has 1 aromatic carbocycles. The minimum absolute atomic E-state index is 0.00857. The van der Waals surface area contributed by atoms with E-state index in [1.165, 1.54) is 12.1 Å². The van der Waals surface area contributed by atoms with Crippen molar-refractivity contribution >= 4 is 24.3 Å². The van der Waals surface area contributed by atoms with Gasteiger partial charge in [0.1, 0.15) is 0 Å². The van der Waals surface area contributed by atoms with Crippen molar-refractivity contribution in [2.45, 2.75) is 19.3 Å². The first-order chi connectivity index (χ1) is 9.28. The number of hydrogen-bond acceptors (Lipinski definition) is 3. The van der Waals surface area contributed by atoms with E-state index in [1.54, 1.807) is 0 Å². The van der Waals surface area contributed by atoms with Gasteiger partial charge in [-0.15, -0.1) is 0 Å². The number of benzene rings is 1. The molecule has 1 amide bonds. The number of non-ortho nitro benzene ring substituents is 1. The van der Waals surface area contributed by atoms with E-state index in [-0.39, 0.29) is 17.8 Å². The van der Waals surface area contributed by atoms with Crippen LogP contribution in [0.1, 0.15) is 18.4 Å². The molecule has 2 rings (SSSR count). The molecule has 9 heteroatoms. The molecule has 0 fully saturated rings. The fourth-order valence-electron chi connectivity index (χ4n) is 2.26. The minimum atomic E-state index is -5.16. The molecule has 1 aliphatic rings. The van der Waals surface area contributed by atoms with Crippen LogP contribution >= 0.6 is 0 Å². The van der Waals surface area contributed by atoms with E-state index < -0.39 is 24.3 Å². The quantitative estimate of drug-likeness (QED) is 0.487. The number of nitro benzene ring substituents is 1. The summed E-state index contributed by atoms with van der Waals surface area (Å²) in [4.78, 5) is 22.6. The van der Waals surface area contributed by atoms with Crippen LogP contribution in [0.4, 0.5) is 24.3 Å². The molecule has 0 unspecified atom stereocenters. The number of hydrogen-bond donors (Lipinski definition) is 0. The summed E-state index contributed by atoms with van der Waals surface area (Å²) in [5.41, 5.74) is 0.345. The number of carbonyl (C=O) groups excluding carboxylic acids is 1. The van der Waals surface area contributed by atoms with Crippen LogP contribution in [-0.2, 0) is 11.2 Å². The van der Waals surface area contributed by atoms with Gasteiger partial charge in [-0.25, -0.2) is 0 Å². The molecule has 20 heavy (non-hydrogen) atoms. The third kappa shape index (κ3) is 3.09. The van der Waals surface area contributed by atoms with Crippen LogP contribution in [0.3, 0.4) is 0 Å². The molecule has 0 spiro atoms. The highest BCUT2D eigenvalue weighted by molar-refractivity contribution is 6.59. The number of carbonyl (C=O) groups is 1. The first kappa shape index (κ1) is 14.4.